The lowest BCUT2D eigenvalue weighted by Gasteiger charge is -2.33. The molecule has 1 atom stereocenters. The molecule has 1 heterocycles. The third kappa shape index (κ3) is 3.18. The molecule has 2 aromatic rings. The number of nitrogens with one attached hydrogen (secondary N) is 3. The van der Waals surface area contributed by atoms with Crippen molar-refractivity contribution in [2.24, 2.45) is 5.73 Å². The summed E-state index contributed by atoms with van der Waals surface area (Å²) in [6.07, 6.45) is 5.03. The molecule has 1 aliphatic carbocycles. The van der Waals surface area contributed by atoms with Crippen molar-refractivity contribution < 1.29 is 18.8 Å². The van der Waals surface area contributed by atoms with E-state index in [2.05, 4.69) is 16.1 Å². The van der Waals surface area contributed by atoms with Crippen LogP contribution in [0.2, 0.25) is 0 Å². The second-order valence-electron chi connectivity index (χ2n) is 6.93. The van der Waals surface area contributed by atoms with Crippen LogP contribution in [0.3, 0.4) is 0 Å². The Hall–Kier alpha value is -4.07. The number of benzene rings is 2. The van der Waals surface area contributed by atoms with E-state index in [1.54, 1.807) is 48.7 Å². The fourth-order valence-corrected chi connectivity index (χ4v) is 3.64. The Kier molecular flexibility index (Phi) is 4.75. The van der Waals surface area contributed by atoms with Crippen LogP contribution in [0.4, 0.5) is 20.6 Å². The Morgan fingerprint density at radius 2 is 1.93 bits per heavy atom. The quantitative estimate of drug-likeness (QED) is 0.624. The summed E-state index contributed by atoms with van der Waals surface area (Å²) >= 11 is 0. The Morgan fingerprint density at radius 3 is 2.70 bits per heavy atom. The first-order chi connectivity index (χ1) is 14.4. The molecule has 4 rings (SSSR count). The van der Waals surface area contributed by atoms with Gasteiger partial charge in [0.25, 0.3) is 0 Å². The lowest BCUT2D eigenvalue weighted by atomic mass is 9.69. The van der Waals surface area contributed by atoms with E-state index >= 15 is 0 Å². The summed E-state index contributed by atoms with van der Waals surface area (Å²) in [5.74, 6) is -0.582. The minimum Gasteiger partial charge on any atom is -0.382 e. The molecule has 1 unspecified atom stereocenters. The van der Waals surface area contributed by atoms with Crippen molar-refractivity contribution in [1.29, 1.82) is 0 Å². The molecular formula is C22H19FN4O3. The van der Waals surface area contributed by atoms with Crippen LogP contribution in [0.1, 0.15) is 12.5 Å². The van der Waals surface area contributed by atoms with Gasteiger partial charge in [0.1, 0.15) is 11.2 Å². The Morgan fingerprint density at radius 1 is 1.13 bits per heavy atom. The summed E-state index contributed by atoms with van der Waals surface area (Å²) in [5.41, 5.74) is 9.72. The maximum Gasteiger partial charge on any atom is 0.323 e. The summed E-state index contributed by atoms with van der Waals surface area (Å²) in [6, 6.07) is 11.8. The largest absolute Gasteiger partial charge is 0.382 e. The van der Waals surface area contributed by atoms with Crippen LogP contribution in [0.15, 0.2) is 83.8 Å². The number of carbonyl (C=O) groups is 2. The zero-order valence-electron chi connectivity index (χ0n) is 16.0. The molecule has 1 aliphatic heterocycles. The predicted molar refractivity (Wildman–Crippen MR) is 110 cm³/mol. The third-order valence-electron chi connectivity index (χ3n) is 5.05. The number of urea groups is 1. The number of primary amides is 1. The van der Waals surface area contributed by atoms with E-state index in [1.807, 2.05) is 6.92 Å². The first-order valence-electron chi connectivity index (χ1n) is 9.18. The predicted octanol–water partition coefficient (Wildman–Crippen LogP) is 3.46. The van der Waals surface area contributed by atoms with Crippen molar-refractivity contribution in [2.75, 3.05) is 10.6 Å². The molecule has 2 aliphatic rings. The minimum atomic E-state index is -1.35. The molecule has 0 saturated carbocycles. The topological polar surface area (TPSA) is 105 Å². The van der Waals surface area contributed by atoms with Crippen molar-refractivity contribution in [1.82, 2.24) is 5.48 Å². The minimum absolute atomic E-state index is 0.295. The molecule has 3 amide bonds. The van der Waals surface area contributed by atoms with Crippen molar-refractivity contribution in [3.8, 4) is 0 Å². The van der Waals surface area contributed by atoms with Gasteiger partial charge < -0.3 is 21.2 Å². The summed E-state index contributed by atoms with van der Waals surface area (Å²) in [6.45, 7) is 1.86. The van der Waals surface area contributed by atoms with Gasteiger partial charge in [0, 0.05) is 23.1 Å². The molecule has 8 heteroatoms. The van der Waals surface area contributed by atoms with Crippen molar-refractivity contribution in [3.05, 3.63) is 95.2 Å². The highest BCUT2D eigenvalue weighted by atomic mass is 19.1. The van der Waals surface area contributed by atoms with E-state index in [9.17, 15) is 14.0 Å². The number of nitrogens with two attached hydrogens (primary N) is 1. The van der Waals surface area contributed by atoms with Crippen LogP contribution < -0.4 is 21.8 Å². The number of hydrogen-bond donors (Lipinski definition) is 4. The summed E-state index contributed by atoms with van der Waals surface area (Å²) in [5, 5.41) is 5.30. The number of anilines is 2. The monoisotopic (exact) mass is 406 g/mol. The average Bonchev–Trinajstić information content (AvgIpc) is 3.20. The number of allylic oxidation sites excluding steroid dienone is 3. The van der Waals surface area contributed by atoms with Crippen LogP contribution >= 0.6 is 0 Å². The molecule has 0 saturated heterocycles. The molecule has 30 heavy (non-hydrogen) atoms. The van der Waals surface area contributed by atoms with Crippen LogP contribution in [0.25, 0.3) is 0 Å². The summed E-state index contributed by atoms with van der Waals surface area (Å²) in [7, 11) is 0. The average molecular weight is 406 g/mol. The number of rotatable bonds is 4. The molecule has 0 aromatic heterocycles. The molecule has 7 nitrogen and oxygen atoms in total. The van der Waals surface area contributed by atoms with Gasteiger partial charge in [-0.05, 0) is 42.3 Å². The van der Waals surface area contributed by atoms with E-state index in [-0.39, 0.29) is 0 Å². The highest BCUT2D eigenvalue weighted by Gasteiger charge is 2.47. The zero-order valence-corrected chi connectivity index (χ0v) is 16.0. The molecule has 0 spiro atoms. The van der Waals surface area contributed by atoms with E-state index in [1.165, 1.54) is 18.2 Å². The molecule has 2 aromatic carbocycles. The number of carbonyl (C=O) groups excluding carboxylic acids is 2. The number of hydroxylamine groups is 1. The lowest BCUT2D eigenvalue weighted by Crippen LogP contribution is -2.43. The number of para-hydroxylation sites is 1. The fraction of sp³-hybridized carbons (Fsp3) is 0.0909. The van der Waals surface area contributed by atoms with Crippen molar-refractivity contribution in [3.63, 3.8) is 0 Å². The van der Waals surface area contributed by atoms with Crippen LogP contribution in [0.5, 0.6) is 0 Å². The summed E-state index contributed by atoms with van der Waals surface area (Å²) < 4.78 is 13.4. The molecule has 5 N–H and O–H groups in total. The fourth-order valence-electron chi connectivity index (χ4n) is 3.64. The van der Waals surface area contributed by atoms with Gasteiger partial charge >= 0.3 is 6.03 Å². The zero-order chi connectivity index (χ0) is 21.3. The second kappa shape index (κ2) is 7.40. The lowest BCUT2D eigenvalue weighted by molar-refractivity contribution is -0.120. The number of fused-ring (bicyclic) bond motifs is 1. The highest BCUT2D eigenvalue weighted by Crippen LogP contribution is 2.46. The van der Waals surface area contributed by atoms with Gasteiger partial charge in [0.05, 0.1) is 0 Å². The van der Waals surface area contributed by atoms with Crippen molar-refractivity contribution >= 4 is 23.3 Å². The molecule has 152 valence electrons. The van der Waals surface area contributed by atoms with Crippen molar-refractivity contribution in [2.45, 2.75) is 12.3 Å². The van der Waals surface area contributed by atoms with E-state index in [0.29, 0.717) is 28.3 Å². The van der Waals surface area contributed by atoms with Gasteiger partial charge in [-0.25, -0.2) is 14.7 Å². The van der Waals surface area contributed by atoms with Gasteiger partial charge in [-0.2, -0.15) is 0 Å². The molecular weight excluding hydrogens is 387 g/mol. The van der Waals surface area contributed by atoms with Gasteiger partial charge in [-0.1, -0.05) is 36.4 Å². The number of halogens is 1. The Labute approximate surface area is 172 Å². The Balaban J connectivity index is 1.71. The third-order valence-corrected chi connectivity index (χ3v) is 5.05. The van der Waals surface area contributed by atoms with Crippen LogP contribution in [-0.2, 0) is 15.0 Å². The number of hydrogen-bond acceptors (Lipinski definition) is 4. The Bertz CT molecular complexity index is 1140. The standard InChI is InChI=1S/C22H19FN4O3/c1-13-9-10-22(20(24)28,17-12-25-30-19(13)17)16-7-2-3-8-18(16)27-21(29)26-15-6-4-5-14(23)11-15/h2-12,25H,1H3,(H2,24,28)(H2,26,27,29). The first kappa shape index (κ1) is 19.3. The second-order valence-corrected chi connectivity index (χ2v) is 6.93. The maximum atomic E-state index is 13.4. The van der Waals surface area contributed by atoms with E-state index in [0.717, 1.165) is 5.57 Å². The van der Waals surface area contributed by atoms with E-state index in [4.69, 9.17) is 10.6 Å². The van der Waals surface area contributed by atoms with Crippen LogP contribution in [-0.4, -0.2) is 11.9 Å². The van der Waals surface area contributed by atoms with E-state index < -0.39 is 23.2 Å². The maximum absolute atomic E-state index is 13.4. The molecule has 0 radical (unpaired) electrons. The number of amides is 3. The highest BCUT2D eigenvalue weighted by molar-refractivity contribution is 6.03. The first-order valence-corrected chi connectivity index (χ1v) is 9.18. The van der Waals surface area contributed by atoms with Crippen LogP contribution in [0, 0.1) is 5.82 Å². The van der Waals surface area contributed by atoms with Gasteiger partial charge in [0.2, 0.25) is 5.91 Å². The van der Waals surface area contributed by atoms with Gasteiger partial charge in [-0.15, -0.1) is 0 Å². The summed E-state index contributed by atoms with van der Waals surface area (Å²) in [4.78, 5) is 30.7. The van der Waals surface area contributed by atoms with Gasteiger partial charge in [-0.3, -0.25) is 4.79 Å². The molecule has 0 fully saturated rings. The SMILES string of the molecule is CC1=C2ONC=C2C(C(N)=O)(c2ccccc2NC(=O)Nc2cccc(F)c2)C=C1. The van der Waals surface area contributed by atoms with Gasteiger partial charge in [0.15, 0.2) is 5.76 Å². The normalized spacial score (nSPS) is 19.3. The smallest absolute Gasteiger partial charge is 0.323 e. The molecule has 0 bridgehead atoms.